The monoisotopic (exact) mass is 535 g/mol. The second kappa shape index (κ2) is 12.7. The van der Waals surface area contributed by atoms with Crippen molar-refractivity contribution in [3.05, 3.63) is 96.6 Å². The quantitative estimate of drug-likeness (QED) is 0.125. The van der Waals surface area contributed by atoms with Gasteiger partial charge < -0.3 is 4.43 Å². The van der Waals surface area contributed by atoms with Crippen LogP contribution >= 0.6 is 0 Å². The predicted molar refractivity (Wildman–Crippen MR) is 167 cm³/mol. The summed E-state index contributed by atoms with van der Waals surface area (Å²) in [7, 11) is -2.46. The summed E-state index contributed by atoms with van der Waals surface area (Å²) in [5.74, 6) is 8.10. The largest absolute Gasteiger partial charge is 0.407 e. The van der Waals surface area contributed by atoms with E-state index in [4.69, 9.17) is 4.43 Å². The first-order chi connectivity index (χ1) is 19.0. The molecule has 2 aliphatic rings. The van der Waals surface area contributed by atoms with Crippen LogP contribution in [-0.2, 0) is 11.0 Å². The highest BCUT2D eigenvalue weighted by Gasteiger charge is 2.51. The average molecular weight is 536 g/mol. The minimum absolute atomic E-state index is 0.0144. The molecule has 1 aliphatic heterocycles. The van der Waals surface area contributed by atoms with Crippen LogP contribution in [0.2, 0.25) is 5.04 Å². The van der Waals surface area contributed by atoms with Crippen molar-refractivity contribution in [2.24, 2.45) is 5.92 Å². The molecule has 0 N–H and O–H groups in total. The Balaban J connectivity index is 1.25. The van der Waals surface area contributed by atoms with Gasteiger partial charge in [0.25, 0.3) is 8.32 Å². The first-order valence-corrected chi connectivity index (χ1v) is 16.9. The fourth-order valence-electron chi connectivity index (χ4n) is 6.79. The van der Waals surface area contributed by atoms with Gasteiger partial charge in [-0.25, -0.2) is 0 Å². The Morgan fingerprint density at radius 2 is 1.36 bits per heavy atom. The van der Waals surface area contributed by atoms with E-state index in [1.165, 1.54) is 48.0 Å². The molecule has 3 atom stereocenters. The SMILES string of the molecule is CC(C)(C)[Si](OCCCC#C[C@@H]1[C@@H](C2CCCCC2)N1Cc1ccccc1)(c1ccccc1)c1ccccc1. The van der Waals surface area contributed by atoms with Crippen LogP contribution in [0.1, 0.15) is 71.3 Å². The molecular formula is C36H45NOSi. The van der Waals surface area contributed by atoms with E-state index in [1.807, 2.05) is 0 Å². The third-order valence-corrected chi connectivity index (χ3v) is 13.8. The van der Waals surface area contributed by atoms with Crippen LogP contribution in [0, 0.1) is 17.8 Å². The second-order valence-corrected chi connectivity index (χ2v) is 16.7. The van der Waals surface area contributed by atoms with E-state index in [-0.39, 0.29) is 5.04 Å². The van der Waals surface area contributed by atoms with Gasteiger partial charge in [0.2, 0.25) is 0 Å². The molecule has 1 heterocycles. The molecule has 3 heteroatoms. The van der Waals surface area contributed by atoms with Gasteiger partial charge in [0.1, 0.15) is 0 Å². The molecule has 0 bridgehead atoms. The lowest BCUT2D eigenvalue weighted by atomic mass is 9.86. The highest BCUT2D eigenvalue weighted by Crippen LogP contribution is 2.42. The van der Waals surface area contributed by atoms with Crippen LogP contribution in [0.4, 0.5) is 0 Å². The maximum atomic E-state index is 7.07. The van der Waals surface area contributed by atoms with Crippen molar-refractivity contribution < 1.29 is 4.43 Å². The average Bonchev–Trinajstić information content (AvgIpc) is 3.65. The minimum atomic E-state index is -2.46. The molecule has 0 amide bonds. The van der Waals surface area contributed by atoms with Crippen LogP contribution in [0.5, 0.6) is 0 Å². The van der Waals surface area contributed by atoms with E-state index in [0.717, 1.165) is 31.9 Å². The zero-order valence-electron chi connectivity index (χ0n) is 24.1. The van der Waals surface area contributed by atoms with Crippen molar-refractivity contribution in [3.63, 3.8) is 0 Å². The van der Waals surface area contributed by atoms with Crippen molar-refractivity contribution in [1.29, 1.82) is 0 Å². The topological polar surface area (TPSA) is 12.2 Å². The smallest absolute Gasteiger partial charge is 0.261 e. The van der Waals surface area contributed by atoms with E-state index in [2.05, 4.69) is 129 Å². The number of rotatable bonds is 9. The lowest BCUT2D eigenvalue weighted by Gasteiger charge is -2.43. The van der Waals surface area contributed by atoms with Crippen LogP contribution in [0.3, 0.4) is 0 Å². The van der Waals surface area contributed by atoms with Crippen LogP contribution in [-0.4, -0.2) is 31.9 Å². The van der Waals surface area contributed by atoms with Gasteiger partial charge in [0.15, 0.2) is 0 Å². The molecule has 1 saturated carbocycles. The molecule has 2 fully saturated rings. The summed E-state index contributed by atoms with van der Waals surface area (Å²) in [6, 6.07) is 33.9. The Kier molecular flexibility index (Phi) is 9.08. The summed E-state index contributed by atoms with van der Waals surface area (Å²) in [6.07, 6.45) is 8.80. The van der Waals surface area contributed by atoms with Gasteiger partial charge >= 0.3 is 0 Å². The number of hydrogen-bond acceptors (Lipinski definition) is 2. The standard InChI is InChI=1S/C36H45NOSi/c1-36(2,3)39(32-23-13-6-14-24-32,33-25-15-7-16-26-33)38-28-18-8-17-27-34-35(31-21-11-5-12-22-31)37(34)29-30-19-9-4-10-20-30/h4,6-7,9-10,13-16,19-20,23-26,31,34-35H,5,8,11-12,18,21-22,28-29H2,1-3H3/t34-,35-,37?/m1/s1. The van der Waals surface area contributed by atoms with Gasteiger partial charge in [-0.15, -0.1) is 5.92 Å². The van der Waals surface area contributed by atoms with Crippen LogP contribution in [0.25, 0.3) is 0 Å². The Hall–Kier alpha value is -2.64. The van der Waals surface area contributed by atoms with Gasteiger partial charge in [-0.05, 0) is 46.2 Å². The predicted octanol–water partition coefficient (Wildman–Crippen LogP) is 7.18. The molecule has 2 nitrogen and oxygen atoms in total. The minimum Gasteiger partial charge on any atom is -0.407 e. The summed E-state index contributed by atoms with van der Waals surface area (Å²) in [5, 5.41) is 2.71. The molecule has 1 aliphatic carbocycles. The van der Waals surface area contributed by atoms with E-state index < -0.39 is 8.32 Å². The zero-order valence-corrected chi connectivity index (χ0v) is 25.1. The third kappa shape index (κ3) is 6.41. The number of nitrogens with zero attached hydrogens (tertiary/aromatic N) is 1. The maximum Gasteiger partial charge on any atom is 0.261 e. The summed E-state index contributed by atoms with van der Waals surface area (Å²) in [4.78, 5) is 2.65. The molecule has 0 aromatic heterocycles. The number of unbranched alkanes of at least 4 members (excludes halogenated alkanes) is 1. The molecule has 1 unspecified atom stereocenters. The molecule has 3 aromatic rings. The third-order valence-electron chi connectivity index (χ3n) is 8.75. The summed E-state index contributed by atoms with van der Waals surface area (Å²) in [6.45, 7) is 8.81. The van der Waals surface area contributed by atoms with E-state index in [0.29, 0.717) is 12.1 Å². The van der Waals surface area contributed by atoms with E-state index >= 15 is 0 Å². The van der Waals surface area contributed by atoms with E-state index in [1.54, 1.807) is 0 Å². The Morgan fingerprint density at radius 3 is 1.92 bits per heavy atom. The highest BCUT2D eigenvalue weighted by molar-refractivity contribution is 6.99. The zero-order chi connectivity index (χ0) is 27.1. The molecule has 3 aromatic carbocycles. The summed E-state index contributed by atoms with van der Waals surface area (Å²) in [5.41, 5.74) is 1.40. The molecule has 0 spiro atoms. The fraction of sp³-hybridized carbons (Fsp3) is 0.444. The van der Waals surface area contributed by atoms with Crippen molar-refractivity contribution in [1.82, 2.24) is 4.90 Å². The molecule has 5 rings (SSSR count). The molecule has 204 valence electrons. The van der Waals surface area contributed by atoms with Crippen molar-refractivity contribution >= 4 is 18.7 Å². The van der Waals surface area contributed by atoms with Gasteiger partial charge in [0, 0.05) is 25.6 Å². The van der Waals surface area contributed by atoms with E-state index in [9.17, 15) is 0 Å². The van der Waals surface area contributed by atoms with Gasteiger partial charge in [-0.3, -0.25) is 4.90 Å². The molecule has 39 heavy (non-hydrogen) atoms. The van der Waals surface area contributed by atoms with Gasteiger partial charge in [-0.2, -0.15) is 0 Å². The Labute approximate surface area is 237 Å². The van der Waals surface area contributed by atoms with Gasteiger partial charge in [0.05, 0.1) is 6.04 Å². The van der Waals surface area contributed by atoms with Gasteiger partial charge in [-0.1, -0.05) is 137 Å². The van der Waals surface area contributed by atoms with Crippen molar-refractivity contribution in [3.8, 4) is 11.8 Å². The molecule has 1 saturated heterocycles. The first-order valence-electron chi connectivity index (χ1n) is 15.0. The Bertz CT molecular complexity index is 1180. The van der Waals surface area contributed by atoms with Crippen LogP contribution < -0.4 is 10.4 Å². The highest BCUT2D eigenvalue weighted by atomic mass is 28.4. The normalized spacial score (nSPS) is 21.7. The molecular weight excluding hydrogens is 490 g/mol. The summed E-state index contributed by atoms with van der Waals surface area (Å²) >= 11 is 0. The maximum absolute atomic E-state index is 7.07. The lowest BCUT2D eigenvalue weighted by molar-refractivity contribution is 0.293. The van der Waals surface area contributed by atoms with Crippen LogP contribution in [0.15, 0.2) is 91.0 Å². The summed E-state index contributed by atoms with van der Waals surface area (Å²) < 4.78 is 7.07. The number of benzene rings is 3. The first kappa shape index (κ1) is 27.9. The lowest BCUT2D eigenvalue weighted by Crippen LogP contribution is -2.66. The second-order valence-electron chi connectivity index (χ2n) is 12.4. The van der Waals surface area contributed by atoms with Crippen molar-refractivity contribution in [2.45, 2.75) is 89.4 Å². The number of hydrogen-bond donors (Lipinski definition) is 0. The van der Waals surface area contributed by atoms with Crippen molar-refractivity contribution in [2.75, 3.05) is 6.61 Å². The Morgan fingerprint density at radius 1 is 0.795 bits per heavy atom. The fourth-order valence-corrected chi connectivity index (χ4v) is 11.4. The molecule has 0 radical (unpaired) electrons.